The predicted molar refractivity (Wildman–Crippen MR) is 129 cm³/mol. The molecule has 5 rings (SSSR count). The molecule has 0 saturated carbocycles. The van der Waals surface area contributed by atoms with E-state index < -0.39 is 11.2 Å². The minimum Gasteiger partial charge on any atom is -0.361 e. The predicted octanol–water partition coefficient (Wildman–Crippen LogP) is 2.73. The first-order valence-corrected chi connectivity index (χ1v) is 12.9. The van der Waals surface area contributed by atoms with Gasteiger partial charge in [-0.05, 0) is 44.5 Å². The van der Waals surface area contributed by atoms with Crippen molar-refractivity contribution in [3.63, 3.8) is 0 Å². The fourth-order valence-electron chi connectivity index (χ4n) is 4.55. The zero-order valence-electron chi connectivity index (χ0n) is 20.1. The number of aromatic nitrogens is 3. The van der Waals surface area contributed by atoms with Crippen molar-refractivity contribution in [1.29, 1.82) is 0 Å². The lowest BCUT2D eigenvalue weighted by Crippen LogP contribution is -2.47. The molecule has 190 valence electrons. The van der Waals surface area contributed by atoms with Gasteiger partial charge >= 0.3 is 0 Å². The second-order valence-corrected chi connectivity index (χ2v) is 10.1. The second kappa shape index (κ2) is 10.4. The molecule has 2 amide bonds. The molecule has 0 radical (unpaired) electrons. The molecule has 1 unspecified atom stereocenters. The summed E-state index contributed by atoms with van der Waals surface area (Å²) < 4.78 is 23.9. The Morgan fingerprint density at radius 2 is 1.86 bits per heavy atom. The van der Waals surface area contributed by atoms with Crippen molar-refractivity contribution in [2.45, 2.75) is 32.2 Å². The number of thioether (sulfide) groups is 1. The van der Waals surface area contributed by atoms with Crippen LogP contribution in [0.25, 0.3) is 11.5 Å². The summed E-state index contributed by atoms with van der Waals surface area (Å²) in [7, 11) is 0. The number of rotatable bonds is 5. The zero-order valence-corrected chi connectivity index (χ0v) is 21.0. The van der Waals surface area contributed by atoms with E-state index in [1.165, 1.54) is 36.0 Å². The standard InChI is InChI=1S/C24H27FN6O4S/c1-15-20(16(2)34-27-15)21-26-19(28-35-21)14-29-8-3-9-30(11-10-29)23(33)24-31(12-13-36-24)22(32)17-4-6-18(25)7-5-17/h4-7,24H,3,8-14H2,1-2H3. The highest BCUT2D eigenvalue weighted by molar-refractivity contribution is 8.00. The average Bonchev–Trinajstić information content (AvgIpc) is 3.57. The van der Waals surface area contributed by atoms with E-state index in [1.54, 1.807) is 11.8 Å². The number of halogens is 1. The van der Waals surface area contributed by atoms with E-state index >= 15 is 0 Å². The first-order chi connectivity index (χ1) is 17.4. The van der Waals surface area contributed by atoms with Crippen LogP contribution in [0, 0.1) is 19.7 Å². The summed E-state index contributed by atoms with van der Waals surface area (Å²) in [5.74, 6) is 1.56. The maximum Gasteiger partial charge on any atom is 0.263 e. The van der Waals surface area contributed by atoms with Crippen LogP contribution in [0.2, 0.25) is 0 Å². The first kappa shape index (κ1) is 24.4. The number of benzene rings is 1. The Kier molecular flexibility index (Phi) is 7.06. The van der Waals surface area contributed by atoms with Gasteiger partial charge in [-0.25, -0.2) is 4.39 Å². The average molecular weight is 515 g/mol. The van der Waals surface area contributed by atoms with Crippen LogP contribution in [0.1, 0.15) is 34.1 Å². The molecule has 36 heavy (non-hydrogen) atoms. The lowest BCUT2D eigenvalue weighted by atomic mass is 10.2. The van der Waals surface area contributed by atoms with Crippen molar-refractivity contribution in [1.82, 2.24) is 30.0 Å². The highest BCUT2D eigenvalue weighted by atomic mass is 32.2. The Bertz CT molecular complexity index is 1230. The van der Waals surface area contributed by atoms with Gasteiger partial charge in [0.05, 0.1) is 12.2 Å². The van der Waals surface area contributed by atoms with Gasteiger partial charge in [-0.2, -0.15) is 4.98 Å². The van der Waals surface area contributed by atoms with Crippen molar-refractivity contribution in [3.8, 4) is 11.5 Å². The number of hydrogen-bond donors (Lipinski definition) is 0. The van der Waals surface area contributed by atoms with Crippen LogP contribution in [0.3, 0.4) is 0 Å². The van der Waals surface area contributed by atoms with Gasteiger partial charge in [0.2, 0.25) is 0 Å². The molecule has 0 N–H and O–H groups in total. The molecule has 10 nitrogen and oxygen atoms in total. The molecule has 0 spiro atoms. The van der Waals surface area contributed by atoms with Crippen LogP contribution in [-0.2, 0) is 11.3 Å². The Morgan fingerprint density at radius 3 is 2.61 bits per heavy atom. The lowest BCUT2D eigenvalue weighted by Gasteiger charge is -2.29. The van der Waals surface area contributed by atoms with Gasteiger partial charge in [0.1, 0.15) is 17.1 Å². The van der Waals surface area contributed by atoms with Gasteiger partial charge in [0.15, 0.2) is 11.2 Å². The van der Waals surface area contributed by atoms with Gasteiger partial charge < -0.3 is 18.8 Å². The lowest BCUT2D eigenvalue weighted by molar-refractivity contribution is -0.132. The van der Waals surface area contributed by atoms with Gasteiger partial charge in [-0.3, -0.25) is 14.5 Å². The van der Waals surface area contributed by atoms with Crippen LogP contribution in [0.15, 0.2) is 33.3 Å². The van der Waals surface area contributed by atoms with Gasteiger partial charge in [-0.1, -0.05) is 10.3 Å². The van der Waals surface area contributed by atoms with Crippen molar-refractivity contribution >= 4 is 23.6 Å². The Balaban J connectivity index is 1.20. The van der Waals surface area contributed by atoms with Crippen LogP contribution in [0.5, 0.6) is 0 Å². The van der Waals surface area contributed by atoms with Gasteiger partial charge in [-0.15, -0.1) is 11.8 Å². The number of carbonyl (C=O) groups excluding carboxylic acids is 2. The number of hydrogen-bond acceptors (Lipinski definition) is 9. The molecule has 4 heterocycles. The second-order valence-electron chi connectivity index (χ2n) is 8.90. The molecule has 2 saturated heterocycles. The Hall–Kier alpha value is -3.25. The monoisotopic (exact) mass is 514 g/mol. The number of aryl methyl sites for hydroxylation is 2. The van der Waals surface area contributed by atoms with Crippen LogP contribution in [-0.4, -0.2) is 85.7 Å². The molecule has 1 atom stereocenters. The molecular weight excluding hydrogens is 487 g/mol. The van der Waals surface area contributed by atoms with Crippen LogP contribution in [0.4, 0.5) is 4.39 Å². The van der Waals surface area contributed by atoms with E-state index in [4.69, 9.17) is 9.05 Å². The molecular formula is C24H27FN6O4S. The van der Waals surface area contributed by atoms with Crippen LogP contribution < -0.4 is 0 Å². The largest absolute Gasteiger partial charge is 0.361 e. The first-order valence-electron chi connectivity index (χ1n) is 11.9. The minimum atomic E-state index is -0.566. The molecule has 3 aromatic rings. The van der Waals surface area contributed by atoms with Crippen LogP contribution >= 0.6 is 11.8 Å². The van der Waals surface area contributed by atoms with Gasteiger partial charge in [0, 0.05) is 44.0 Å². The molecule has 0 aliphatic carbocycles. The summed E-state index contributed by atoms with van der Waals surface area (Å²) in [4.78, 5) is 36.5. The molecule has 0 bridgehead atoms. The maximum atomic E-state index is 13.4. The molecule has 1 aromatic carbocycles. The van der Waals surface area contributed by atoms with Crippen molar-refractivity contribution in [3.05, 3.63) is 52.9 Å². The van der Waals surface area contributed by atoms with Gasteiger partial charge in [0.25, 0.3) is 17.7 Å². The SMILES string of the molecule is Cc1noc(C)c1-c1nc(CN2CCCN(C(=O)C3SCCN3C(=O)c3ccc(F)cc3)CC2)no1. The van der Waals surface area contributed by atoms with E-state index in [-0.39, 0.29) is 11.8 Å². The number of carbonyl (C=O) groups is 2. The summed E-state index contributed by atoms with van der Waals surface area (Å²) in [5, 5.41) is 7.48. The van der Waals surface area contributed by atoms with E-state index in [0.717, 1.165) is 18.5 Å². The molecule has 2 aliphatic heterocycles. The van der Waals surface area contributed by atoms with E-state index in [2.05, 4.69) is 20.2 Å². The summed E-state index contributed by atoms with van der Waals surface area (Å²) >= 11 is 1.47. The van der Waals surface area contributed by atoms with Crippen molar-refractivity contribution < 1.29 is 23.0 Å². The van der Waals surface area contributed by atoms with E-state index in [0.29, 0.717) is 67.2 Å². The normalized spacial score (nSPS) is 19.0. The Labute approximate surface area is 211 Å². The summed E-state index contributed by atoms with van der Waals surface area (Å²) in [6, 6.07) is 5.44. The van der Waals surface area contributed by atoms with E-state index in [1.807, 2.05) is 11.8 Å². The Morgan fingerprint density at radius 1 is 1.06 bits per heavy atom. The number of amides is 2. The van der Waals surface area contributed by atoms with Crippen molar-refractivity contribution in [2.75, 3.05) is 38.5 Å². The van der Waals surface area contributed by atoms with E-state index in [9.17, 15) is 14.0 Å². The summed E-state index contributed by atoms with van der Waals surface area (Å²) in [6.45, 7) is 7.22. The fourth-order valence-corrected chi connectivity index (χ4v) is 5.75. The summed E-state index contributed by atoms with van der Waals surface area (Å²) in [5.41, 5.74) is 1.80. The highest BCUT2D eigenvalue weighted by Crippen LogP contribution is 2.28. The van der Waals surface area contributed by atoms with Crippen molar-refractivity contribution in [2.24, 2.45) is 0 Å². The summed E-state index contributed by atoms with van der Waals surface area (Å²) in [6.07, 6.45) is 0.795. The topological polar surface area (TPSA) is 109 Å². The molecule has 12 heteroatoms. The minimum absolute atomic E-state index is 0.0601. The molecule has 2 aliphatic rings. The quantitative estimate of drug-likeness (QED) is 0.508. The fraction of sp³-hybridized carbons (Fsp3) is 0.458. The molecule has 2 fully saturated rings. The smallest absolute Gasteiger partial charge is 0.263 e. The third-order valence-electron chi connectivity index (χ3n) is 6.43. The third-order valence-corrected chi connectivity index (χ3v) is 7.62. The number of nitrogens with zero attached hydrogens (tertiary/aromatic N) is 6. The maximum absolute atomic E-state index is 13.4. The third kappa shape index (κ3) is 5.00. The zero-order chi connectivity index (χ0) is 25.2. The highest BCUT2D eigenvalue weighted by Gasteiger charge is 2.38. The molecule has 2 aromatic heterocycles.